The van der Waals surface area contributed by atoms with Gasteiger partial charge in [-0.25, -0.2) is 0 Å². The van der Waals surface area contributed by atoms with Crippen molar-refractivity contribution in [2.24, 2.45) is 11.7 Å². The number of rotatable bonds is 4. The molecule has 1 atom stereocenters. The van der Waals surface area contributed by atoms with Crippen molar-refractivity contribution in [2.45, 2.75) is 25.9 Å². The molecule has 1 heterocycles. The molecule has 2 N–H and O–H groups in total. The second-order valence-electron chi connectivity index (χ2n) is 5.22. The number of carbonyl (C=O) groups is 2. The first-order valence-corrected chi connectivity index (χ1v) is 7.77. The summed E-state index contributed by atoms with van der Waals surface area (Å²) in [5.41, 5.74) is 5.29. The highest BCUT2D eigenvalue weighted by atomic mass is 79.9. The summed E-state index contributed by atoms with van der Waals surface area (Å²) in [6.07, 6.45) is 0.717. The molecule has 6 heteroatoms. The number of piperidine rings is 1. The maximum atomic E-state index is 12.3. The van der Waals surface area contributed by atoms with E-state index in [9.17, 15) is 9.59 Å². The highest BCUT2D eigenvalue weighted by Crippen LogP contribution is 2.20. The maximum Gasteiger partial charge on any atom is 0.263 e. The Morgan fingerprint density at radius 1 is 1.29 bits per heavy atom. The van der Waals surface area contributed by atoms with E-state index in [1.807, 2.05) is 24.3 Å². The third kappa shape index (κ3) is 4.20. The fraction of sp³-hybridized carbons (Fsp3) is 0.467. The Morgan fingerprint density at radius 3 is 2.38 bits per heavy atom. The van der Waals surface area contributed by atoms with Crippen LogP contribution in [0.1, 0.15) is 19.8 Å². The van der Waals surface area contributed by atoms with Crippen molar-refractivity contribution in [1.29, 1.82) is 0 Å². The molecule has 1 aromatic rings. The molecule has 21 heavy (non-hydrogen) atoms. The molecule has 0 aromatic heterocycles. The Bertz CT molecular complexity index is 510. The van der Waals surface area contributed by atoms with Gasteiger partial charge in [0, 0.05) is 23.5 Å². The lowest BCUT2D eigenvalue weighted by Gasteiger charge is -2.32. The molecule has 1 saturated heterocycles. The molecule has 0 bridgehead atoms. The minimum atomic E-state index is -0.545. The monoisotopic (exact) mass is 354 g/mol. The van der Waals surface area contributed by atoms with Crippen molar-refractivity contribution >= 4 is 27.7 Å². The zero-order valence-electron chi connectivity index (χ0n) is 11.9. The van der Waals surface area contributed by atoms with Gasteiger partial charge in [0.25, 0.3) is 5.91 Å². The van der Waals surface area contributed by atoms with Crippen LogP contribution in [0, 0.1) is 5.92 Å². The summed E-state index contributed by atoms with van der Waals surface area (Å²) in [5.74, 6) is 0.213. The fourth-order valence-electron chi connectivity index (χ4n) is 2.41. The van der Waals surface area contributed by atoms with Crippen LogP contribution in [0.15, 0.2) is 28.7 Å². The van der Waals surface area contributed by atoms with Crippen molar-refractivity contribution in [1.82, 2.24) is 4.90 Å². The summed E-state index contributed by atoms with van der Waals surface area (Å²) in [7, 11) is 0. The summed E-state index contributed by atoms with van der Waals surface area (Å²) >= 11 is 3.35. The van der Waals surface area contributed by atoms with Crippen molar-refractivity contribution in [2.75, 3.05) is 13.1 Å². The zero-order chi connectivity index (χ0) is 15.4. The molecule has 114 valence electrons. The van der Waals surface area contributed by atoms with Crippen molar-refractivity contribution in [3.63, 3.8) is 0 Å². The van der Waals surface area contributed by atoms with Crippen molar-refractivity contribution in [3.8, 4) is 5.75 Å². The van der Waals surface area contributed by atoms with Crippen LogP contribution < -0.4 is 10.5 Å². The topological polar surface area (TPSA) is 72.6 Å². The second kappa shape index (κ2) is 6.93. The number of nitrogens with two attached hydrogens (primary N) is 1. The minimum Gasteiger partial charge on any atom is -0.481 e. The van der Waals surface area contributed by atoms with Gasteiger partial charge < -0.3 is 15.4 Å². The number of benzene rings is 1. The number of halogens is 1. The van der Waals surface area contributed by atoms with Gasteiger partial charge in [-0.2, -0.15) is 0 Å². The van der Waals surface area contributed by atoms with E-state index in [-0.39, 0.29) is 17.7 Å². The van der Waals surface area contributed by atoms with Gasteiger partial charge >= 0.3 is 0 Å². The van der Waals surface area contributed by atoms with Gasteiger partial charge in [-0.1, -0.05) is 15.9 Å². The standard InChI is InChI=1S/C15H19BrN2O3/c1-10(21-13-4-2-12(16)3-5-13)15(20)18-8-6-11(7-9-18)14(17)19/h2-5,10-11H,6-9H2,1H3,(H2,17,19)/t10-/m0/s1. The molecular weight excluding hydrogens is 336 g/mol. The number of likely N-dealkylation sites (tertiary alicyclic amines) is 1. The minimum absolute atomic E-state index is 0.0548. The molecule has 0 spiro atoms. The molecule has 1 fully saturated rings. The molecule has 0 unspecified atom stereocenters. The summed E-state index contributed by atoms with van der Waals surface area (Å²) < 4.78 is 6.62. The van der Waals surface area contributed by atoms with Gasteiger partial charge in [-0.15, -0.1) is 0 Å². The third-order valence-electron chi connectivity index (χ3n) is 3.68. The van der Waals surface area contributed by atoms with Crippen LogP contribution >= 0.6 is 15.9 Å². The molecule has 1 aromatic carbocycles. The largest absolute Gasteiger partial charge is 0.481 e. The predicted molar refractivity (Wildman–Crippen MR) is 82.7 cm³/mol. The lowest BCUT2D eigenvalue weighted by atomic mass is 9.96. The van der Waals surface area contributed by atoms with E-state index in [2.05, 4.69) is 15.9 Å². The van der Waals surface area contributed by atoms with Crippen LogP contribution in [0.3, 0.4) is 0 Å². The van der Waals surface area contributed by atoms with Gasteiger partial charge in [-0.3, -0.25) is 9.59 Å². The summed E-state index contributed by atoms with van der Waals surface area (Å²) in [5, 5.41) is 0. The van der Waals surface area contributed by atoms with Gasteiger partial charge in [0.1, 0.15) is 5.75 Å². The maximum absolute atomic E-state index is 12.3. The summed E-state index contributed by atoms with van der Waals surface area (Å²) in [6, 6.07) is 7.36. The molecule has 2 amide bonds. The van der Waals surface area contributed by atoms with Crippen LogP contribution in [0.5, 0.6) is 5.75 Å². The third-order valence-corrected chi connectivity index (χ3v) is 4.21. The zero-order valence-corrected chi connectivity index (χ0v) is 13.5. The number of ether oxygens (including phenoxy) is 1. The Kier molecular flexibility index (Phi) is 5.22. The average molecular weight is 355 g/mol. The molecule has 1 aliphatic rings. The van der Waals surface area contributed by atoms with E-state index in [1.165, 1.54) is 0 Å². The first kappa shape index (κ1) is 15.8. The molecule has 2 rings (SSSR count). The quantitative estimate of drug-likeness (QED) is 0.897. The van der Waals surface area contributed by atoms with Crippen molar-refractivity contribution < 1.29 is 14.3 Å². The van der Waals surface area contributed by atoms with E-state index in [1.54, 1.807) is 11.8 Å². The Hall–Kier alpha value is -1.56. The van der Waals surface area contributed by atoms with E-state index >= 15 is 0 Å². The first-order valence-electron chi connectivity index (χ1n) is 6.97. The van der Waals surface area contributed by atoms with Crippen LogP contribution in [0.4, 0.5) is 0 Å². The van der Waals surface area contributed by atoms with E-state index in [0.717, 1.165) is 4.47 Å². The van der Waals surface area contributed by atoms with E-state index < -0.39 is 6.10 Å². The van der Waals surface area contributed by atoms with Crippen LogP contribution in [0.25, 0.3) is 0 Å². The smallest absolute Gasteiger partial charge is 0.263 e. The van der Waals surface area contributed by atoms with Gasteiger partial charge in [-0.05, 0) is 44.0 Å². The summed E-state index contributed by atoms with van der Waals surface area (Å²) in [4.78, 5) is 25.2. The van der Waals surface area contributed by atoms with Gasteiger partial charge in [0.05, 0.1) is 0 Å². The Labute approximate surface area is 132 Å². The second-order valence-corrected chi connectivity index (χ2v) is 6.13. The Morgan fingerprint density at radius 2 is 1.86 bits per heavy atom. The van der Waals surface area contributed by atoms with E-state index in [4.69, 9.17) is 10.5 Å². The van der Waals surface area contributed by atoms with Crippen LogP contribution in [0.2, 0.25) is 0 Å². The lowest BCUT2D eigenvalue weighted by molar-refractivity contribution is -0.140. The van der Waals surface area contributed by atoms with Gasteiger partial charge in [0.15, 0.2) is 6.10 Å². The Balaban J connectivity index is 1.88. The number of primary amides is 1. The molecule has 5 nitrogen and oxygen atoms in total. The normalized spacial score (nSPS) is 17.3. The number of nitrogens with zero attached hydrogens (tertiary/aromatic N) is 1. The van der Waals surface area contributed by atoms with Crippen LogP contribution in [-0.2, 0) is 9.59 Å². The number of carbonyl (C=O) groups excluding carboxylic acids is 2. The van der Waals surface area contributed by atoms with Crippen molar-refractivity contribution in [3.05, 3.63) is 28.7 Å². The first-order chi connectivity index (χ1) is 9.97. The highest BCUT2D eigenvalue weighted by molar-refractivity contribution is 9.10. The molecular formula is C15H19BrN2O3. The van der Waals surface area contributed by atoms with E-state index in [0.29, 0.717) is 31.7 Å². The lowest BCUT2D eigenvalue weighted by Crippen LogP contribution is -2.46. The molecule has 0 saturated carbocycles. The fourth-order valence-corrected chi connectivity index (χ4v) is 2.67. The predicted octanol–water partition coefficient (Wildman–Crippen LogP) is 1.94. The summed E-state index contributed by atoms with van der Waals surface area (Å²) in [6.45, 7) is 2.85. The SMILES string of the molecule is C[C@H](Oc1ccc(Br)cc1)C(=O)N1CCC(C(N)=O)CC1. The number of hydrogen-bond acceptors (Lipinski definition) is 3. The van der Waals surface area contributed by atoms with Gasteiger partial charge in [0.2, 0.25) is 5.91 Å². The molecule has 0 aliphatic carbocycles. The molecule has 0 radical (unpaired) electrons. The number of hydrogen-bond donors (Lipinski definition) is 1. The average Bonchev–Trinajstić information content (AvgIpc) is 2.49. The molecule has 1 aliphatic heterocycles. The highest BCUT2D eigenvalue weighted by Gasteiger charge is 2.28. The van der Waals surface area contributed by atoms with Crippen LogP contribution in [-0.4, -0.2) is 35.9 Å². The number of amides is 2.